The fourth-order valence-electron chi connectivity index (χ4n) is 1.85. The van der Waals surface area contributed by atoms with Crippen LogP contribution in [0.2, 0.25) is 0 Å². The molecule has 6 nitrogen and oxygen atoms in total. The van der Waals surface area contributed by atoms with Crippen LogP contribution in [-0.2, 0) is 6.54 Å². The number of nitrogens with zero attached hydrogens (tertiary/aromatic N) is 2. The number of carboxylic acid groups (broad SMARTS) is 1. The lowest BCUT2D eigenvalue weighted by Gasteiger charge is -2.12. The first-order valence-corrected chi connectivity index (χ1v) is 6.16. The molecule has 0 spiro atoms. The number of nitrogens with one attached hydrogen (secondary N) is 1. The number of para-hydroxylation sites is 1. The molecule has 1 heterocycles. The van der Waals surface area contributed by atoms with Gasteiger partial charge in [0.1, 0.15) is 17.5 Å². The normalized spacial score (nSPS) is 9.71. The Balaban J connectivity index is 2.22. The zero-order valence-electron chi connectivity index (χ0n) is 11.3. The third-order valence-corrected chi connectivity index (χ3v) is 2.84. The number of anilines is 1. The summed E-state index contributed by atoms with van der Waals surface area (Å²) in [7, 11) is 1.52. The molecule has 2 N–H and O–H groups in total. The average molecular weight is 283 g/mol. The number of rotatable bonds is 5. The summed E-state index contributed by atoms with van der Waals surface area (Å²) in [5.74, 6) is -0.532. The first-order chi connectivity index (χ1) is 10.2. The number of pyridine rings is 1. The molecule has 0 unspecified atom stereocenters. The summed E-state index contributed by atoms with van der Waals surface area (Å²) >= 11 is 0. The van der Waals surface area contributed by atoms with E-state index in [0.29, 0.717) is 22.7 Å². The third-order valence-electron chi connectivity index (χ3n) is 2.84. The SMILES string of the molecule is COc1cccc(C#N)c1NCc1cccc(C(=O)O)n1. The van der Waals surface area contributed by atoms with Crippen LogP contribution in [0.4, 0.5) is 5.69 Å². The van der Waals surface area contributed by atoms with Gasteiger partial charge in [-0.05, 0) is 24.3 Å². The lowest BCUT2D eigenvalue weighted by Crippen LogP contribution is -2.08. The van der Waals surface area contributed by atoms with Crippen molar-refractivity contribution >= 4 is 11.7 Å². The Bertz CT molecular complexity index is 708. The van der Waals surface area contributed by atoms with E-state index in [2.05, 4.69) is 16.4 Å². The lowest BCUT2D eigenvalue weighted by molar-refractivity contribution is 0.0690. The highest BCUT2D eigenvalue weighted by Gasteiger charge is 2.10. The minimum absolute atomic E-state index is 0.0187. The molecule has 0 saturated carbocycles. The van der Waals surface area contributed by atoms with Gasteiger partial charge in [0.05, 0.1) is 30.6 Å². The van der Waals surface area contributed by atoms with E-state index in [-0.39, 0.29) is 12.2 Å². The van der Waals surface area contributed by atoms with Gasteiger partial charge < -0.3 is 15.2 Å². The van der Waals surface area contributed by atoms with Crippen molar-refractivity contribution in [2.45, 2.75) is 6.54 Å². The summed E-state index contributed by atoms with van der Waals surface area (Å²) in [5.41, 5.74) is 1.55. The molecule has 0 aliphatic carbocycles. The van der Waals surface area contributed by atoms with Crippen LogP contribution in [0.1, 0.15) is 21.7 Å². The second-order valence-electron chi connectivity index (χ2n) is 4.17. The minimum Gasteiger partial charge on any atom is -0.495 e. The van der Waals surface area contributed by atoms with Crippen molar-refractivity contribution in [2.75, 3.05) is 12.4 Å². The van der Waals surface area contributed by atoms with Crippen LogP contribution >= 0.6 is 0 Å². The molecule has 0 aliphatic heterocycles. The molecule has 106 valence electrons. The predicted molar refractivity (Wildman–Crippen MR) is 76.2 cm³/mol. The highest BCUT2D eigenvalue weighted by Crippen LogP contribution is 2.28. The third kappa shape index (κ3) is 3.28. The standard InChI is InChI=1S/C15H13N3O3/c1-21-13-7-2-4-10(8-16)14(13)17-9-11-5-3-6-12(18-11)15(19)20/h2-7,17H,9H2,1H3,(H,19,20). The first-order valence-electron chi connectivity index (χ1n) is 6.16. The van der Waals surface area contributed by atoms with Crippen molar-refractivity contribution in [3.63, 3.8) is 0 Å². The quantitative estimate of drug-likeness (QED) is 0.874. The molecule has 6 heteroatoms. The molecule has 0 bridgehead atoms. The van der Waals surface area contributed by atoms with Gasteiger partial charge in [0.15, 0.2) is 0 Å². The van der Waals surface area contributed by atoms with Crippen LogP contribution in [0.25, 0.3) is 0 Å². The van der Waals surface area contributed by atoms with E-state index in [1.54, 1.807) is 30.3 Å². The van der Waals surface area contributed by atoms with Crippen LogP contribution < -0.4 is 10.1 Å². The molecular formula is C15H13N3O3. The Morgan fingerprint density at radius 3 is 2.81 bits per heavy atom. The van der Waals surface area contributed by atoms with Gasteiger partial charge in [0.2, 0.25) is 0 Å². The Morgan fingerprint density at radius 1 is 1.38 bits per heavy atom. The Labute approximate surface area is 121 Å². The van der Waals surface area contributed by atoms with Crippen LogP contribution in [-0.4, -0.2) is 23.2 Å². The number of benzene rings is 1. The van der Waals surface area contributed by atoms with Crippen LogP contribution in [0.15, 0.2) is 36.4 Å². The Morgan fingerprint density at radius 2 is 2.14 bits per heavy atom. The summed E-state index contributed by atoms with van der Waals surface area (Å²) in [6.07, 6.45) is 0. The molecule has 0 amide bonds. The number of hydrogen-bond donors (Lipinski definition) is 2. The van der Waals surface area contributed by atoms with Gasteiger partial charge in [-0.15, -0.1) is 0 Å². The molecule has 0 fully saturated rings. The lowest BCUT2D eigenvalue weighted by atomic mass is 10.1. The highest BCUT2D eigenvalue weighted by atomic mass is 16.5. The summed E-state index contributed by atoms with van der Waals surface area (Å²) in [4.78, 5) is 14.9. The number of hydrogen-bond acceptors (Lipinski definition) is 5. The first kappa shape index (κ1) is 14.3. The Kier molecular flexibility index (Phi) is 4.36. The largest absolute Gasteiger partial charge is 0.495 e. The van der Waals surface area contributed by atoms with E-state index in [0.717, 1.165) is 0 Å². The van der Waals surface area contributed by atoms with E-state index in [9.17, 15) is 4.79 Å². The average Bonchev–Trinajstić information content (AvgIpc) is 2.52. The van der Waals surface area contributed by atoms with E-state index >= 15 is 0 Å². The Hall–Kier alpha value is -3.07. The monoisotopic (exact) mass is 283 g/mol. The van der Waals surface area contributed by atoms with Gasteiger partial charge in [0.25, 0.3) is 0 Å². The topological polar surface area (TPSA) is 95.2 Å². The van der Waals surface area contributed by atoms with Crippen LogP contribution in [0.5, 0.6) is 5.75 Å². The van der Waals surface area contributed by atoms with Crippen molar-refractivity contribution in [1.82, 2.24) is 4.98 Å². The van der Waals surface area contributed by atoms with E-state index in [1.807, 2.05) is 0 Å². The molecule has 0 aliphatic rings. The van der Waals surface area contributed by atoms with E-state index < -0.39 is 5.97 Å². The highest BCUT2D eigenvalue weighted by molar-refractivity contribution is 5.85. The number of methoxy groups -OCH3 is 1. The molecule has 2 aromatic rings. The number of carbonyl (C=O) groups is 1. The molecule has 1 aromatic heterocycles. The van der Waals surface area contributed by atoms with Gasteiger partial charge in [-0.25, -0.2) is 9.78 Å². The molecule has 0 saturated heterocycles. The number of carboxylic acids is 1. The zero-order chi connectivity index (χ0) is 15.2. The number of aromatic carboxylic acids is 1. The number of ether oxygens (including phenoxy) is 1. The van der Waals surface area contributed by atoms with Gasteiger partial charge >= 0.3 is 5.97 Å². The summed E-state index contributed by atoms with van der Waals surface area (Å²) in [5, 5.41) is 21.1. The van der Waals surface area contributed by atoms with Crippen LogP contribution in [0, 0.1) is 11.3 Å². The molecule has 0 radical (unpaired) electrons. The summed E-state index contributed by atoms with van der Waals surface area (Å²) in [6, 6.07) is 12.0. The summed E-state index contributed by atoms with van der Waals surface area (Å²) < 4.78 is 5.21. The molecule has 0 atom stereocenters. The molecule has 1 aromatic carbocycles. The second-order valence-corrected chi connectivity index (χ2v) is 4.17. The fraction of sp³-hybridized carbons (Fsp3) is 0.133. The van der Waals surface area contributed by atoms with Gasteiger partial charge in [-0.3, -0.25) is 0 Å². The van der Waals surface area contributed by atoms with Gasteiger partial charge in [-0.2, -0.15) is 5.26 Å². The molecule has 21 heavy (non-hydrogen) atoms. The van der Waals surface area contributed by atoms with E-state index in [1.165, 1.54) is 13.2 Å². The zero-order valence-corrected chi connectivity index (χ0v) is 11.3. The molecule has 2 rings (SSSR count). The second kappa shape index (κ2) is 6.39. The van der Waals surface area contributed by atoms with Gasteiger partial charge in [0, 0.05) is 0 Å². The smallest absolute Gasteiger partial charge is 0.354 e. The number of aromatic nitrogens is 1. The van der Waals surface area contributed by atoms with Crippen molar-refractivity contribution in [1.29, 1.82) is 5.26 Å². The molecular weight excluding hydrogens is 270 g/mol. The van der Waals surface area contributed by atoms with Gasteiger partial charge in [-0.1, -0.05) is 12.1 Å². The van der Waals surface area contributed by atoms with Crippen molar-refractivity contribution < 1.29 is 14.6 Å². The van der Waals surface area contributed by atoms with E-state index in [4.69, 9.17) is 15.1 Å². The fourth-order valence-corrected chi connectivity index (χ4v) is 1.85. The maximum Gasteiger partial charge on any atom is 0.354 e. The van der Waals surface area contributed by atoms with Crippen molar-refractivity contribution in [3.05, 3.63) is 53.3 Å². The predicted octanol–water partition coefficient (Wildman–Crippen LogP) is 2.27. The number of nitriles is 1. The van der Waals surface area contributed by atoms with Crippen LogP contribution in [0.3, 0.4) is 0 Å². The maximum atomic E-state index is 10.9. The van der Waals surface area contributed by atoms with Crippen molar-refractivity contribution in [3.8, 4) is 11.8 Å². The maximum absolute atomic E-state index is 10.9. The minimum atomic E-state index is -1.08. The van der Waals surface area contributed by atoms with Crippen molar-refractivity contribution in [2.24, 2.45) is 0 Å². The summed E-state index contributed by atoms with van der Waals surface area (Å²) in [6.45, 7) is 0.288.